The molecule has 3 N–H and O–H groups in total. The van der Waals surface area contributed by atoms with Crippen LogP contribution in [0.25, 0.3) is 0 Å². The molecule has 0 spiro atoms. The molecule has 0 aromatic rings. The van der Waals surface area contributed by atoms with Gasteiger partial charge in [-0.05, 0) is 6.42 Å². The van der Waals surface area contributed by atoms with Crippen molar-refractivity contribution in [2.24, 2.45) is 5.73 Å². The molecule has 4 heteroatoms. The van der Waals surface area contributed by atoms with Gasteiger partial charge < -0.3 is 20.3 Å². The van der Waals surface area contributed by atoms with Crippen LogP contribution in [0.2, 0.25) is 0 Å². The van der Waals surface area contributed by atoms with Crippen molar-refractivity contribution in [3.63, 3.8) is 0 Å². The molecule has 1 aliphatic heterocycles. The second kappa shape index (κ2) is 4.01. The summed E-state index contributed by atoms with van der Waals surface area (Å²) in [7, 11) is 1.59. The van der Waals surface area contributed by atoms with E-state index in [9.17, 15) is 5.11 Å². The topological polar surface area (TPSA) is 64.7 Å². The molecule has 11 heavy (non-hydrogen) atoms. The average molecular weight is 161 g/mol. The molecular formula is C7H15NO3. The van der Waals surface area contributed by atoms with Gasteiger partial charge in [0.1, 0.15) is 0 Å². The monoisotopic (exact) mass is 161 g/mol. The van der Waals surface area contributed by atoms with E-state index in [-0.39, 0.29) is 12.4 Å². The number of nitrogens with two attached hydrogens (primary N) is 1. The van der Waals surface area contributed by atoms with Crippen molar-refractivity contribution in [2.45, 2.75) is 31.3 Å². The summed E-state index contributed by atoms with van der Waals surface area (Å²) in [4.78, 5) is 0. The molecule has 0 radical (unpaired) electrons. The fourth-order valence-corrected chi connectivity index (χ4v) is 1.23. The van der Waals surface area contributed by atoms with Crippen molar-refractivity contribution in [2.75, 3.05) is 13.7 Å². The van der Waals surface area contributed by atoms with Gasteiger partial charge in [-0.1, -0.05) is 0 Å². The summed E-state index contributed by atoms with van der Waals surface area (Å²) in [5, 5.41) is 9.32. The van der Waals surface area contributed by atoms with E-state index in [0.29, 0.717) is 13.0 Å². The molecule has 0 amide bonds. The Morgan fingerprint density at radius 2 is 2.36 bits per heavy atom. The van der Waals surface area contributed by atoms with Crippen LogP contribution in [0.15, 0.2) is 0 Å². The van der Waals surface area contributed by atoms with Gasteiger partial charge >= 0.3 is 0 Å². The highest BCUT2D eigenvalue weighted by Gasteiger charge is 2.28. The Morgan fingerprint density at radius 1 is 1.64 bits per heavy atom. The van der Waals surface area contributed by atoms with Gasteiger partial charge in [-0.2, -0.15) is 0 Å². The van der Waals surface area contributed by atoms with E-state index in [1.165, 1.54) is 0 Å². The minimum atomic E-state index is -0.425. The molecule has 1 heterocycles. The van der Waals surface area contributed by atoms with E-state index >= 15 is 0 Å². The lowest BCUT2D eigenvalue weighted by Crippen LogP contribution is -2.43. The minimum Gasteiger partial charge on any atom is -0.390 e. The summed E-state index contributed by atoms with van der Waals surface area (Å²) < 4.78 is 10.3. The molecule has 0 aliphatic carbocycles. The Balaban J connectivity index is 2.37. The molecule has 0 bridgehead atoms. The van der Waals surface area contributed by atoms with Gasteiger partial charge in [0.25, 0.3) is 0 Å². The summed E-state index contributed by atoms with van der Waals surface area (Å²) >= 11 is 0. The predicted molar refractivity (Wildman–Crippen MR) is 40.0 cm³/mol. The maximum atomic E-state index is 9.32. The Morgan fingerprint density at radius 3 is 2.91 bits per heavy atom. The predicted octanol–water partition coefficient (Wildman–Crippen LogP) is -0.543. The van der Waals surface area contributed by atoms with Crippen LogP contribution in [0.4, 0.5) is 0 Å². The zero-order valence-electron chi connectivity index (χ0n) is 6.69. The lowest BCUT2D eigenvalue weighted by Gasteiger charge is -2.32. The first-order valence-electron chi connectivity index (χ1n) is 3.84. The Labute approximate surface area is 66.3 Å². The largest absolute Gasteiger partial charge is 0.390 e. The number of ether oxygens (including phenoxy) is 2. The van der Waals surface area contributed by atoms with Gasteiger partial charge in [-0.25, -0.2) is 0 Å². The highest BCUT2D eigenvalue weighted by atomic mass is 16.7. The number of methoxy groups -OCH3 is 1. The van der Waals surface area contributed by atoms with Crippen molar-refractivity contribution < 1.29 is 14.6 Å². The molecule has 0 aromatic carbocycles. The number of hydrogen-bond acceptors (Lipinski definition) is 4. The summed E-state index contributed by atoms with van der Waals surface area (Å²) in [5.74, 6) is 0. The van der Waals surface area contributed by atoms with Crippen LogP contribution >= 0.6 is 0 Å². The summed E-state index contributed by atoms with van der Waals surface area (Å²) in [6, 6.07) is 0. The lowest BCUT2D eigenvalue weighted by atomic mass is 10.1. The number of hydrogen-bond donors (Lipinski definition) is 2. The fourth-order valence-electron chi connectivity index (χ4n) is 1.23. The Bertz CT molecular complexity index is 120. The quantitative estimate of drug-likeness (QED) is 0.570. The van der Waals surface area contributed by atoms with Gasteiger partial charge in [-0.15, -0.1) is 0 Å². The van der Waals surface area contributed by atoms with Crippen molar-refractivity contribution in [3.8, 4) is 0 Å². The maximum absolute atomic E-state index is 9.32. The standard InChI is InChI=1S/C7H15NO3/c1-10-7-3-2-5(9)6(4-8)11-7/h5-7,9H,2-4,8H2,1H3/t5-,6+,7-/m0/s1. The summed E-state index contributed by atoms with van der Waals surface area (Å²) in [5.41, 5.74) is 5.37. The second-order valence-electron chi connectivity index (χ2n) is 2.72. The van der Waals surface area contributed by atoms with E-state index in [4.69, 9.17) is 15.2 Å². The van der Waals surface area contributed by atoms with Crippen LogP contribution in [0.1, 0.15) is 12.8 Å². The summed E-state index contributed by atoms with van der Waals surface area (Å²) in [6.45, 7) is 0.348. The maximum Gasteiger partial charge on any atom is 0.157 e. The third-order valence-corrected chi connectivity index (χ3v) is 1.95. The van der Waals surface area contributed by atoms with E-state index in [0.717, 1.165) is 6.42 Å². The van der Waals surface area contributed by atoms with Gasteiger partial charge in [0, 0.05) is 20.1 Å². The smallest absolute Gasteiger partial charge is 0.157 e. The molecule has 4 nitrogen and oxygen atoms in total. The third-order valence-electron chi connectivity index (χ3n) is 1.95. The number of aliphatic hydroxyl groups excluding tert-OH is 1. The van der Waals surface area contributed by atoms with Crippen LogP contribution in [0.3, 0.4) is 0 Å². The highest BCUT2D eigenvalue weighted by molar-refractivity contribution is 4.75. The first kappa shape index (κ1) is 8.93. The molecule has 1 saturated heterocycles. The number of rotatable bonds is 2. The molecule has 66 valence electrons. The summed E-state index contributed by atoms with van der Waals surface area (Å²) in [6.07, 6.45) is 0.584. The van der Waals surface area contributed by atoms with E-state index in [1.54, 1.807) is 7.11 Å². The van der Waals surface area contributed by atoms with E-state index < -0.39 is 6.10 Å². The zero-order valence-corrected chi connectivity index (χ0v) is 6.69. The van der Waals surface area contributed by atoms with Gasteiger partial charge in [0.05, 0.1) is 12.2 Å². The van der Waals surface area contributed by atoms with Crippen molar-refractivity contribution in [1.82, 2.24) is 0 Å². The second-order valence-corrected chi connectivity index (χ2v) is 2.72. The minimum absolute atomic E-state index is 0.188. The molecule has 1 rings (SSSR count). The van der Waals surface area contributed by atoms with Crippen LogP contribution in [0.5, 0.6) is 0 Å². The molecule has 0 unspecified atom stereocenters. The highest BCUT2D eigenvalue weighted by Crippen LogP contribution is 2.18. The SMILES string of the molecule is CO[C@@H]1CC[C@H](O)[C@@H](CN)O1. The van der Waals surface area contributed by atoms with Gasteiger partial charge in [0.15, 0.2) is 6.29 Å². The van der Waals surface area contributed by atoms with Crippen molar-refractivity contribution in [3.05, 3.63) is 0 Å². The molecular weight excluding hydrogens is 146 g/mol. The molecule has 1 aliphatic rings. The van der Waals surface area contributed by atoms with Gasteiger partial charge in [-0.3, -0.25) is 0 Å². The van der Waals surface area contributed by atoms with Crippen molar-refractivity contribution in [1.29, 1.82) is 0 Å². The van der Waals surface area contributed by atoms with Crippen LogP contribution in [0, 0.1) is 0 Å². The van der Waals surface area contributed by atoms with Crippen LogP contribution < -0.4 is 5.73 Å². The zero-order chi connectivity index (χ0) is 8.27. The Kier molecular flexibility index (Phi) is 3.26. The fraction of sp³-hybridized carbons (Fsp3) is 1.00. The lowest BCUT2D eigenvalue weighted by molar-refractivity contribution is -0.208. The normalized spacial score (nSPS) is 39.0. The molecule has 3 atom stereocenters. The Hall–Kier alpha value is -0.160. The molecule has 0 saturated carbocycles. The average Bonchev–Trinajstić information content (AvgIpc) is 2.05. The van der Waals surface area contributed by atoms with Crippen molar-refractivity contribution >= 4 is 0 Å². The first-order chi connectivity index (χ1) is 5.27. The molecule has 1 fully saturated rings. The van der Waals surface area contributed by atoms with E-state index in [2.05, 4.69) is 0 Å². The number of aliphatic hydroxyl groups is 1. The third kappa shape index (κ3) is 2.13. The van der Waals surface area contributed by atoms with Crippen LogP contribution in [-0.2, 0) is 9.47 Å². The molecule has 0 aromatic heterocycles. The van der Waals surface area contributed by atoms with Gasteiger partial charge in [0.2, 0.25) is 0 Å². The van der Waals surface area contributed by atoms with E-state index in [1.807, 2.05) is 0 Å². The first-order valence-corrected chi connectivity index (χ1v) is 3.84. The van der Waals surface area contributed by atoms with Crippen LogP contribution in [-0.4, -0.2) is 37.3 Å².